The first kappa shape index (κ1) is 8.44. The van der Waals surface area contributed by atoms with E-state index in [0.29, 0.717) is 11.8 Å². The zero-order chi connectivity index (χ0) is 9.10. The second kappa shape index (κ2) is 3.70. The van der Waals surface area contributed by atoms with Crippen molar-refractivity contribution in [1.29, 1.82) is 0 Å². The molecule has 4 heteroatoms. The van der Waals surface area contributed by atoms with E-state index in [1.807, 2.05) is 34.6 Å². The molecule has 2 rings (SSSR count). The molecule has 0 amide bonds. The Morgan fingerprint density at radius 2 is 1.92 bits per heavy atom. The molecule has 0 spiro atoms. The summed E-state index contributed by atoms with van der Waals surface area (Å²) in [5.74, 6) is 0. The van der Waals surface area contributed by atoms with Crippen molar-refractivity contribution in [2.45, 2.75) is 4.90 Å². The van der Waals surface area contributed by atoms with Gasteiger partial charge in [-0.1, -0.05) is 22.7 Å². The van der Waals surface area contributed by atoms with Gasteiger partial charge in [-0.05, 0) is 24.1 Å². The minimum atomic E-state index is 0.291. The molecule has 0 N–H and O–H groups in total. The Labute approximate surface area is 80.7 Å². The van der Waals surface area contributed by atoms with Crippen molar-refractivity contribution in [2.24, 2.45) is 0 Å². The van der Waals surface area contributed by atoms with Crippen molar-refractivity contribution < 1.29 is 4.48 Å². The van der Waals surface area contributed by atoms with Gasteiger partial charge in [0.15, 0.2) is 0 Å². The lowest BCUT2D eigenvalue weighted by atomic mass is 10.4. The minimum Gasteiger partial charge on any atom is -0.296 e. The first-order valence-electron chi connectivity index (χ1n) is 3.95. The van der Waals surface area contributed by atoms with Crippen LogP contribution < -0.4 is 0 Å². The fourth-order valence-electron chi connectivity index (χ4n) is 1.05. The van der Waals surface area contributed by atoms with Crippen LogP contribution in [0.5, 0.6) is 0 Å². The first-order valence-corrected chi connectivity index (χ1v) is 4.72. The lowest BCUT2D eigenvalue weighted by molar-refractivity contribution is 0.0826. The quantitative estimate of drug-likeness (QED) is 0.530. The third-order valence-corrected chi connectivity index (χ3v) is 2.59. The maximum absolute atomic E-state index is 12.6. The average Bonchev–Trinajstić information content (AvgIpc) is 2.53. The zero-order valence-corrected chi connectivity index (χ0v) is 7.75. The van der Waals surface area contributed by atoms with Gasteiger partial charge < -0.3 is 0 Å². The number of hydrogen-bond acceptors (Lipinski definition) is 3. The SMILES string of the molecule is FN1C=CN(Sc2ccccc2)C1. The summed E-state index contributed by atoms with van der Waals surface area (Å²) < 4.78 is 14.4. The third kappa shape index (κ3) is 2.15. The van der Waals surface area contributed by atoms with E-state index in [0.717, 1.165) is 4.90 Å². The molecular formula is C9H9FN2S. The smallest absolute Gasteiger partial charge is 0.131 e. The number of rotatable bonds is 2. The van der Waals surface area contributed by atoms with Crippen LogP contribution >= 0.6 is 11.9 Å². The molecule has 0 fully saturated rings. The van der Waals surface area contributed by atoms with Crippen molar-refractivity contribution in [3.8, 4) is 0 Å². The third-order valence-electron chi connectivity index (χ3n) is 1.64. The molecule has 1 aliphatic rings. The van der Waals surface area contributed by atoms with Crippen LogP contribution in [-0.4, -0.2) is 16.1 Å². The van der Waals surface area contributed by atoms with Crippen LogP contribution in [0.2, 0.25) is 0 Å². The summed E-state index contributed by atoms with van der Waals surface area (Å²) >= 11 is 1.52. The molecule has 13 heavy (non-hydrogen) atoms. The monoisotopic (exact) mass is 196 g/mol. The summed E-state index contributed by atoms with van der Waals surface area (Å²) in [5.41, 5.74) is 0. The fraction of sp³-hybridized carbons (Fsp3) is 0.111. The van der Waals surface area contributed by atoms with E-state index in [1.54, 1.807) is 6.20 Å². The summed E-state index contributed by atoms with van der Waals surface area (Å²) in [6.07, 6.45) is 3.13. The summed E-state index contributed by atoms with van der Waals surface area (Å²) in [4.78, 5) is 1.11. The zero-order valence-electron chi connectivity index (χ0n) is 6.93. The average molecular weight is 196 g/mol. The highest BCUT2D eigenvalue weighted by Gasteiger charge is 2.11. The van der Waals surface area contributed by atoms with E-state index in [2.05, 4.69) is 0 Å². The molecule has 0 radical (unpaired) electrons. The van der Waals surface area contributed by atoms with E-state index in [-0.39, 0.29) is 0 Å². The lowest BCUT2D eigenvalue weighted by Gasteiger charge is -2.13. The number of nitrogens with zero attached hydrogens (tertiary/aromatic N) is 2. The fourth-order valence-corrected chi connectivity index (χ4v) is 1.88. The van der Waals surface area contributed by atoms with Crippen molar-refractivity contribution in [1.82, 2.24) is 9.43 Å². The Kier molecular flexibility index (Phi) is 2.40. The van der Waals surface area contributed by atoms with E-state index >= 15 is 0 Å². The van der Waals surface area contributed by atoms with Crippen LogP contribution in [0.4, 0.5) is 4.48 Å². The summed E-state index contributed by atoms with van der Waals surface area (Å²) in [6, 6.07) is 9.90. The van der Waals surface area contributed by atoms with Crippen LogP contribution in [0.25, 0.3) is 0 Å². The highest BCUT2D eigenvalue weighted by Crippen LogP contribution is 2.25. The van der Waals surface area contributed by atoms with Crippen molar-refractivity contribution >= 4 is 11.9 Å². The predicted molar refractivity (Wildman–Crippen MR) is 51.1 cm³/mol. The lowest BCUT2D eigenvalue weighted by Crippen LogP contribution is -2.12. The molecule has 0 saturated heterocycles. The number of halogens is 1. The van der Waals surface area contributed by atoms with E-state index in [1.165, 1.54) is 18.1 Å². The maximum Gasteiger partial charge on any atom is 0.131 e. The minimum absolute atomic E-state index is 0.291. The summed E-state index contributed by atoms with van der Waals surface area (Å²) in [5, 5.41) is 0.649. The van der Waals surface area contributed by atoms with Gasteiger partial charge in [-0.3, -0.25) is 4.31 Å². The molecule has 2 nitrogen and oxygen atoms in total. The molecule has 0 saturated carbocycles. The molecule has 0 unspecified atom stereocenters. The first-order chi connectivity index (χ1) is 6.34. The molecule has 1 aromatic carbocycles. The van der Waals surface area contributed by atoms with Crippen molar-refractivity contribution in [3.05, 3.63) is 42.7 Å². The van der Waals surface area contributed by atoms with Gasteiger partial charge in [-0.25, -0.2) is 0 Å². The van der Waals surface area contributed by atoms with Gasteiger partial charge >= 0.3 is 0 Å². The van der Waals surface area contributed by atoms with Gasteiger partial charge in [0, 0.05) is 11.1 Å². The normalized spacial score (nSPS) is 15.5. The Morgan fingerprint density at radius 3 is 2.54 bits per heavy atom. The highest BCUT2D eigenvalue weighted by molar-refractivity contribution is 7.97. The van der Waals surface area contributed by atoms with Crippen LogP contribution in [0.15, 0.2) is 47.6 Å². The summed E-state index contributed by atoms with van der Waals surface area (Å²) in [7, 11) is 0. The molecule has 0 bridgehead atoms. The predicted octanol–water partition coefficient (Wildman–Crippen LogP) is 2.62. The van der Waals surface area contributed by atoms with Crippen molar-refractivity contribution in [3.63, 3.8) is 0 Å². The molecule has 1 heterocycles. The molecule has 0 aliphatic carbocycles. The summed E-state index contributed by atoms with van der Waals surface area (Å²) in [6.45, 7) is 0.291. The van der Waals surface area contributed by atoms with Gasteiger partial charge in [-0.2, -0.15) is 5.12 Å². The number of benzene rings is 1. The maximum atomic E-state index is 12.6. The Balaban J connectivity index is 1.96. The highest BCUT2D eigenvalue weighted by atomic mass is 32.2. The topological polar surface area (TPSA) is 6.48 Å². The Morgan fingerprint density at radius 1 is 1.15 bits per heavy atom. The molecule has 0 aromatic heterocycles. The van der Waals surface area contributed by atoms with Gasteiger partial charge in [0.25, 0.3) is 0 Å². The molecule has 1 aliphatic heterocycles. The number of hydrogen-bond donors (Lipinski definition) is 0. The largest absolute Gasteiger partial charge is 0.296 e. The van der Waals surface area contributed by atoms with Crippen LogP contribution in [-0.2, 0) is 0 Å². The van der Waals surface area contributed by atoms with Crippen LogP contribution in [0, 0.1) is 0 Å². The van der Waals surface area contributed by atoms with E-state index < -0.39 is 0 Å². The second-order valence-electron chi connectivity index (χ2n) is 2.66. The van der Waals surface area contributed by atoms with Gasteiger partial charge in [0.2, 0.25) is 0 Å². The van der Waals surface area contributed by atoms with Gasteiger partial charge in [0.1, 0.15) is 6.67 Å². The Bertz CT molecular complexity index is 302. The standard InChI is InChI=1S/C9H9FN2S/c10-11-6-7-12(8-11)13-9-4-2-1-3-5-9/h1-7H,8H2. The van der Waals surface area contributed by atoms with Crippen LogP contribution in [0.1, 0.15) is 0 Å². The van der Waals surface area contributed by atoms with Gasteiger partial charge in [-0.15, -0.1) is 0 Å². The van der Waals surface area contributed by atoms with Gasteiger partial charge in [0.05, 0.1) is 6.20 Å². The van der Waals surface area contributed by atoms with E-state index in [9.17, 15) is 4.48 Å². The Hall–Kier alpha value is -1.16. The van der Waals surface area contributed by atoms with Crippen LogP contribution in [0.3, 0.4) is 0 Å². The van der Waals surface area contributed by atoms with Crippen molar-refractivity contribution in [2.75, 3.05) is 6.67 Å². The van der Waals surface area contributed by atoms with E-state index in [4.69, 9.17) is 0 Å². The molecule has 68 valence electrons. The second-order valence-corrected chi connectivity index (χ2v) is 3.78. The molecule has 1 aromatic rings. The molecule has 0 atom stereocenters. The molecular weight excluding hydrogens is 187 g/mol.